The van der Waals surface area contributed by atoms with Gasteiger partial charge in [0.2, 0.25) is 0 Å². The van der Waals surface area contributed by atoms with Crippen LogP contribution in [0.5, 0.6) is 0 Å². The van der Waals surface area contributed by atoms with Crippen LogP contribution in [0.25, 0.3) is 82.8 Å². The second-order valence-corrected chi connectivity index (χ2v) is 11.9. The van der Waals surface area contributed by atoms with E-state index in [4.69, 9.17) is 4.98 Å². The van der Waals surface area contributed by atoms with Crippen LogP contribution in [0.1, 0.15) is 17.5 Å². The van der Waals surface area contributed by atoms with Gasteiger partial charge >= 0.3 is 0 Å². The molecule has 1 heteroatoms. The second-order valence-electron chi connectivity index (χ2n) is 11.9. The quantitative estimate of drug-likeness (QED) is 0.196. The largest absolute Gasteiger partial charge is 0.247 e. The molecule has 1 heterocycles. The third kappa shape index (κ3) is 4.12. The molecule has 0 saturated heterocycles. The predicted molar refractivity (Wildman–Crippen MR) is 188 cm³/mol. The van der Waals surface area contributed by atoms with Crippen molar-refractivity contribution in [1.82, 2.24) is 4.98 Å². The van der Waals surface area contributed by atoms with Crippen molar-refractivity contribution in [2.45, 2.75) is 12.8 Å². The van der Waals surface area contributed by atoms with Crippen molar-refractivity contribution in [3.63, 3.8) is 0 Å². The van der Waals surface area contributed by atoms with Gasteiger partial charge in [-0.15, -0.1) is 0 Å². The average molecular weight is 560 g/mol. The molecule has 0 saturated carbocycles. The Kier molecular flexibility index (Phi) is 5.70. The van der Waals surface area contributed by atoms with Gasteiger partial charge in [0.25, 0.3) is 0 Å². The monoisotopic (exact) mass is 559 g/mol. The van der Waals surface area contributed by atoms with Crippen LogP contribution in [0.15, 0.2) is 146 Å². The van der Waals surface area contributed by atoms with E-state index in [2.05, 4.69) is 152 Å². The zero-order valence-corrected chi connectivity index (χ0v) is 24.3. The van der Waals surface area contributed by atoms with Crippen molar-refractivity contribution in [1.29, 1.82) is 0 Å². The summed E-state index contributed by atoms with van der Waals surface area (Å²) in [5.41, 5.74) is 11.0. The van der Waals surface area contributed by atoms with Crippen molar-refractivity contribution < 1.29 is 0 Å². The maximum Gasteiger partial charge on any atom is 0.0788 e. The fourth-order valence-electron chi connectivity index (χ4n) is 6.97. The van der Waals surface area contributed by atoms with Gasteiger partial charge in [-0.25, -0.2) is 4.98 Å². The lowest BCUT2D eigenvalue weighted by atomic mass is 9.92. The first-order valence-electron chi connectivity index (χ1n) is 15.4. The lowest BCUT2D eigenvalue weighted by Crippen LogP contribution is -1.94. The highest BCUT2D eigenvalue weighted by molar-refractivity contribution is 6.22. The molecule has 8 aromatic rings. The number of pyridine rings is 1. The molecule has 7 aromatic carbocycles. The Morgan fingerprint density at radius 3 is 1.93 bits per heavy atom. The van der Waals surface area contributed by atoms with Crippen molar-refractivity contribution in [2.75, 3.05) is 0 Å². The van der Waals surface area contributed by atoms with E-state index in [9.17, 15) is 0 Å². The Morgan fingerprint density at radius 1 is 0.455 bits per heavy atom. The molecule has 0 N–H and O–H groups in total. The van der Waals surface area contributed by atoms with E-state index < -0.39 is 0 Å². The number of benzene rings is 7. The maximum absolute atomic E-state index is 5.18. The van der Waals surface area contributed by atoms with Gasteiger partial charge in [0.15, 0.2) is 0 Å². The van der Waals surface area contributed by atoms with Crippen molar-refractivity contribution in [3.8, 4) is 33.5 Å². The Morgan fingerprint density at radius 2 is 1.09 bits per heavy atom. The molecule has 206 valence electrons. The van der Waals surface area contributed by atoms with Crippen LogP contribution in [-0.4, -0.2) is 4.98 Å². The minimum Gasteiger partial charge on any atom is -0.247 e. The van der Waals surface area contributed by atoms with Gasteiger partial charge in [-0.1, -0.05) is 127 Å². The second kappa shape index (κ2) is 10.0. The molecule has 0 atom stereocenters. The lowest BCUT2D eigenvalue weighted by molar-refractivity contribution is 0.986. The first kappa shape index (κ1) is 25.0. The number of aryl methyl sites for hydroxylation is 1. The zero-order chi connectivity index (χ0) is 29.0. The van der Waals surface area contributed by atoms with Crippen LogP contribution < -0.4 is 0 Å². The highest BCUT2D eigenvalue weighted by Gasteiger charge is 2.13. The first-order valence-corrected chi connectivity index (χ1v) is 15.4. The van der Waals surface area contributed by atoms with E-state index in [0.29, 0.717) is 0 Å². The van der Waals surface area contributed by atoms with Gasteiger partial charge in [0, 0.05) is 21.7 Å². The number of rotatable bonds is 3. The van der Waals surface area contributed by atoms with E-state index in [-0.39, 0.29) is 0 Å². The molecule has 1 aromatic heterocycles. The molecule has 0 aliphatic heterocycles. The number of hydrogen-bond acceptors (Lipinski definition) is 1. The molecule has 44 heavy (non-hydrogen) atoms. The molecule has 1 nitrogen and oxygen atoms in total. The van der Waals surface area contributed by atoms with Crippen LogP contribution in [0.4, 0.5) is 0 Å². The SMILES string of the molecule is C1=Cc2cc(-c3ccc4cc(-c5ccc(-c6nc7ccccc7c7c6ccc6ccccc67)cc5)ccc4c3)ccc2CC1. The minimum atomic E-state index is 1.02. The van der Waals surface area contributed by atoms with Gasteiger partial charge in [0.1, 0.15) is 0 Å². The number of hydrogen-bond donors (Lipinski definition) is 0. The normalized spacial score (nSPS) is 12.7. The topological polar surface area (TPSA) is 12.9 Å². The Bertz CT molecular complexity index is 2410. The average Bonchev–Trinajstić information content (AvgIpc) is 3.10. The first-order chi connectivity index (χ1) is 21.8. The summed E-state index contributed by atoms with van der Waals surface area (Å²) in [4.78, 5) is 5.18. The van der Waals surface area contributed by atoms with Crippen molar-refractivity contribution >= 4 is 49.3 Å². The fourth-order valence-corrected chi connectivity index (χ4v) is 6.97. The Labute approximate surface area is 256 Å². The molecule has 0 unspecified atom stereocenters. The summed E-state index contributed by atoms with van der Waals surface area (Å²) in [6.45, 7) is 0. The van der Waals surface area contributed by atoms with Gasteiger partial charge in [0.05, 0.1) is 11.2 Å². The van der Waals surface area contributed by atoms with Crippen LogP contribution in [0, 0.1) is 0 Å². The van der Waals surface area contributed by atoms with E-state index in [1.165, 1.54) is 71.1 Å². The van der Waals surface area contributed by atoms with Crippen molar-refractivity contribution in [2.24, 2.45) is 0 Å². The molecule has 1 aliphatic carbocycles. The van der Waals surface area contributed by atoms with Crippen LogP contribution in [0.2, 0.25) is 0 Å². The van der Waals surface area contributed by atoms with E-state index in [0.717, 1.165) is 29.6 Å². The minimum absolute atomic E-state index is 1.02. The summed E-state index contributed by atoms with van der Waals surface area (Å²) in [7, 11) is 0. The molecular formula is C43H29N. The van der Waals surface area contributed by atoms with E-state index in [1.54, 1.807) is 0 Å². The van der Waals surface area contributed by atoms with Crippen LogP contribution in [0.3, 0.4) is 0 Å². The highest BCUT2D eigenvalue weighted by Crippen LogP contribution is 2.38. The molecule has 9 rings (SSSR count). The molecule has 0 amide bonds. The summed E-state index contributed by atoms with van der Waals surface area (Å²) >= 11 is 0. The Hall–Kier alpha value is -5.53. The van der Waals surface area contributed by atoms with Gasteiger partial charge in [-0.3, -0.25) is 0 Å². The number of nitrogens with zero attached hydrogens (tertiary/aromatic N) is 1. The molecule has 0 bridgehead atoms. The summed E-state index contributed by atoms with van der Waals surface area (Å²) in [6, 6.07) is 51.0. The van der Waals surface area contributed by atoms with Crippen LogP contribution >= 0.6 is 0 Å². The number of allylic oxidation sites excluding steroid dienone is 1. The van der Waals surface area contributed by atoms with Crippen molar-refractivity contribution in [3.05, 3.63) is 157 Å². The third-order valence-corrected chi connectivity index (χ3v) is 9.28. The summed E-state index contributed by atoms with van der Waals surface area (Å²) < 4.78 is 0. The fraction of sp³-hybridized carbons (Fsp3) is 0.0465. The number of para-hydroxylation sites is 1. The van der Waals surface area contributed by atoms with Gasteiger partial charge < -0.3 is 0 Å². The standard InChI is InChI=1S/C43H29N/c1-2-9-32-25-34(18-15-28(32)7-1)37-22-21-35-26-33(19-20-36(35)27-37)29-13-16-31(17-14-29)43-40-24-23-30-8-3-4-10-38(30)42(40)39-11-5-6-12-41(39)44-43/h2-6,8-27H,1,7H2. The summed E-state index contributed by atoms with van der Waals surface area (Å²) in [5, 5.41) is 8.69. The molecular weight excluding hydrogens is 530 g/mol. The summed E-state index contributed by atoms with van der Waals surface area (Å²) in [6.07, 6.45) is 6.83. The third-order valence-electron chi connectivity index (χ3n) is 9.28. The number of fused-ring (bicyclic) bond motifs is 7. The van der Waals surface area contributed by atoms with Crippen LogP contribution in [-0.2, 0) is 6.42 Å². The zero-order valence-electron chi connectivity index (χ0n) is 24.3. The van der Waals surface area contributed by atoms with E-state index >= 15 is 0 Å². The highest BCUT2D eigenvalue weighted by atomic mass is 14.7. The van der Waals surface area contributed by atoms with Gasteiger partial charge in [-0.05, 0) is 92.0 Å². The van der Waals surface area contributed by atoms with E-state index in [1.807, 2.05) is 0 Å². The predicted octanol–water partition coefficient (Wildman–Crippen LogP) is 11.7. The maximum atomic E-state index is 5.18. The number of aromatic nitrogens is 1. The molecule has 1 aliphatic rings. The smallest absolute Gasteiger partial charge is 0.0788 e. The van der Waals surface area contributed by atoms with Gasteiger partial charge in [-0.2, -0.15) is 0 Å². The molecule has 0 spiro atoms. The Balaban J connectivity index is 1.09. The molecule has 0 radical (unpaired) electrons. The summed E-state index contributed by atoms with van der Waals surface area (Å²) in [5.74, 6) is 0. The molecule has 0 fully saturated rings. The lowest BCUT2D eigenvalue weighted by Gasteiger charge is -2.13.